The molecule has 0 bridgehead atoms. The van der Waals surface area contributed by atoms with Crippen LogP contribution in [-0.4, -0.2) is 22.6 Å². The molecule has 4 aliphatic rings. The summed E-state index contributed by atoms with van der Waals surface area (Å²) in [5, 5.41) is 4.99. The number of aromatic nitrogens is 2. The number of rotatable bonds is 8. The zero-order valence-corrected chi connectivity index (χ0v) is 52.3. The Balaban J connectivity index is 0.852. The summed E-state index contributed by atoms with van der Waals surface area (Å²) >= 11 is 0. The monoisotopic (exact) mass is 1210 g/mol. The summed E-state index contributed by atoms with van der Waals surface area (Å²) in [4.78, 5) is 5.09. The Morgan fingerprint density at radius 2 is 0.448 bits per heavy atom. The van der Waals surface area contributed by atoms with Gasteiger partial charge in [0.2, 0.25) is 0 Å². The lowest BCUT2D eigenvalue weighted by Crippen LogP contribution is -2.60. The van der Waals surface area contributed by atoms with Gasteiger partial charge in [-0.15, -0.1) is 0 Å². The van der Waals surface area contributed by atoms with Crippen LogP contribution >= 0.6 is 0 Å². The fourth-order valence-corrected chi connectivity index (χ4v) is 17.0. The highest BCUT2D eigenvalue weighted by atomic mass is 15.2. The second kappa shape index (κ2) is 20.6. The molecule has 0 fully saturated rings. The van der Waals surface area contributed by atoms with Gasteiger partial charge in [-0.1, -0.05) is 267 Å². The van der Waals surface area contributed by atoms with E-state index in [4.69, 9.17) is 0 Å². The molecule has 4 nitrogen and oxygen atoms in total. The summed E-state index contributed by atoms with van der Waals surface area (Å²) in [6, 6.07) is 127. The Bertz CT molecular complexity index is 5680. The fraction of sp³-hybridized carbons (Fsp3) is 0. The molecular weight excluding hydrogens is 1160 g/mol. The van der Waals surface area contributed by atoms with Crippen LogP contribution in [0.4, 0.5) is 34.1 Å². The topological polar surface area (TPSA) is 16.3 Å². The molecule has 6 heterocycles. The lowest BCUT2D eigenvalue weighted by atomic mass is 9.33. The second-order valence-corrected chi connectivity index (χ2v) is 26.3. The van der Waals surface area contributed by atoms with Gasteiger partial charge in [0, 0.05) is 67.0 Å². The molecule has 442 valence electrons. The second-order valence-electron chi connectivity index (χ2n) is 26.3. The number of anilines is 6. The van der Waals surface area contributed by atoms with E-state index in [9.17, 15) is 0 Å². The van der Waals surface area contributed by atoms with E-state index in [0.717, 1.165) is 11.4 Å². The lowest BCUT2D eigenvalue weighted by Gasteiger charge is -2.40. The van der Waals surface area contributed by atoms with Gasteiger partial charge in [0.1, 0.15) is 0 Å². The zero-order valence-electron chi connectivity index (χ0n) is 52.3. The van der Waals surface area contributed by atoms with Crippen molar-refractivity contribution in [1.29, 1.82) is 0 Å². The van der Waals surface area contributed by atoms with E-state index >= 15 is 0 Å². The molecule has 96 heavy (non-hydrogen) atoms. The number of hydrogen-bond donors (Lipinski definition) is 0. The van der Waals surface area contributed by atoms with Crippen LogP contribution in [0.5, 0.6) is 0 Å². The molecule has 0 aliphatic carbocycles. The molecule has 0 amide bonds. The molecular formula is C90H56B2N4. The van der Waals surface area contributed by atoms with E-state index in [2.05, 4.69) is 359 Å². The van der Waals surface area contributed by atoms with Crippen molar-refractivity contribution in [3.05, 3.63) is 340 Å². The van der Waals surface area contributed by atoms with Crippen molar-refractivity contribution < 1.29 is 0 Å². The van der Waals surface area contributed by atoms with Crippen LogP contribution in [0.25, 0.3) is 122 Å². The lowest BCUT2D eigenvalue weighted by molar-refractivity contribution is 1.17. The van der Waals surface area contributed by atoms with E-state index in [-0.39, 0.29) is 13.4 Å². The molecule has 0 radical (unpaired) electrons. The maximum atomic E-state index is 2.65. The Kier molecular flexibility index (Phi) is 11.4. The van der Waals surface area contributed by atoms with Crippen molar-refractivity contribution in [2.75, 3.05) is 9.80 Å². The molecule has 0 saturated heterocycles. The van der Waals surface area contributed by atoms with Gasteiger partial charge in [-0.3, -0.25) is 0 Å². The van der Waals surface area contributed by atoms with Gasteiger partial charge in [-0.2, -0.15) is 0 Å². The number of nitrogens with zero attached hydrogens (tertiary/aromatic N) is 4. The molecule has 0 saturated carbocycles. The van der Waals surface area contributed by atoms with Crippen LogP contribution < -0.4 is 42.6 Å². The first-order chi connectivity index (χ1) is 47.6. The van der Waals surface area contributed by atoms with E-state index < -0.39 is 0 Å². The van der Waals surface area contributed by atoms with Gasteiger partial charge in [0.05, 0.1) is 22.1 Å². The van der Waals surface area contributed by atoms with Crippen LogP contribution in [0, 0.1) is 0 Å². The summed E-state index contributed by atoms with van der Waals surface area (Å²) in [6.07, 6.45) is 0. The summed E-state index contributed by atoms with van der Waals surface area (Å²) < 4.78 is 5.31. The van der Waals surface area contributed by atoms with Crippen molar-refractivity contribution >= 4 is 124 Å². The van der Waals surface area contributed by atoms with Gasteiger partial charge < -0.3 is 18.9 Å². The Hall–Kier alpha value is -12.4. The largest absolute Gasteiger partial charge is 0.311 e. The van der Waals surface area contributed by atoms with Crippen molar-refractivity contribution in [2.45, 2.75) is 0 Å². The highest BCUT2D eigenvalue weighted by molar-refractivity contribution is 7.01. The summed E-state index contributed by atoms with van der Waals surface area (Å²) in [5.74, 6) is 0. The minimum Gasteiger partial charge on any atom is -0.311 e. The predicted molar refractivity (Wildman–Crippen MR) is 406 cm³/mol. The first-order valence-corrected chi connectivity index (χ1v) is 33.5. The standard InChI is InChI=1S/C90H56B2N4/c1-7-19-57(20-8-1)63-31-39-69(40-32-63)93-79-45-35-65(59-23-11-3-12-24-59)51-75(79)91-77-53-67(61-27-15-5-16-28-61)37-47-81(77)95-85-56-86-74(55-73(85)71-43-49-83(93)87(91)89(71)95)72-44-50-84-88-90(72)96(86)82-48-38-68(62-29-17-6-18-30-62)54-78(82)92(88)76-52-66(60-25-13-4-14-26-60)36-46-80(76)94(84)70-41-33-64(34-42-70)58-21-9-2-10-22-58/h1-56H. The molecule has 2 aromatic heterocycles. The maximum Gasteiger partial charge on any atom is 0.252 e. The number of benzene rings is 15. The quantitative estimate of drug-likeness (QED) is 0.141. The minimum atomic E-state index is -0.0794. The van der Waals surface area contributed by atoms with Crippen molar-refractivity contribution in [3.63, 3.8) is 0 Å². The van der Waals surface area contributed by atoms with Gasteiger partial charge in [0.25, 0.3) is 13.4 Å². The average Bonchev–Trinajstić information content (AvgIpc) is 0.820. The minimum absolute atomic E-state index is 0.0794. The van der Waals surface area contributed by atoms with Crippen LogP contribution in [-0.2, 0) is 0 Å². The van der Waals surface area contributed by atoms with E-state index in [1.807, 2.05) is 0 Å². The summed E-state index contributed by atoms with van der Waals surface area (Å²) in [6.45, 7) is -0.159. The number of hydrogen-bond acceptors (Lipinski definition) is 2. The highest BCUT2D eigenvalue weighted by Crippen LogP contribution is 2.49. The first-order valence-electron chi connectivity index (χ1n) is 33.5. The molecule has 4 aliphatic heterocycles. The van der Waals surface area contributed by atoms with Crippen LogP contribution in [0.3, 0.4) is 0 Å². The molecule has 0 atom stereocenters. The normalized spacial score (nSPS) is 12.9. The Labute approximate surface area is 557 Å². The van der Waals surface area contributed by atoms with E-state index in [0.29, 0.717) is 0 Å². The van der Waals surface area contributed by atoms with Gasteiger partial charge in [-0.05, 0) is 172 Å². The first kappa shape index (κ1) is 53.2. The Morgan fingerprint density at radius 3 is 0.771 bits per heavy atom. The third kappa shape index (κ3) is 7.75. The highest BCUT2D eigenvalue weighted by Gasteiger charge is 2.45. The fourth-order valence-electron chi connectivity index (χ4n) is 17.0. The third-order valence-electron chi connectivity index (χ3n) is 21.3. The predicted octanol–water partition coefficient (Wildman–Crippen LogP) is 19.1. The van der Waals surface area contributed by atoms with Gasteiger partial charge in [-0.25, -0.2) is 0 Å². The Morgan fingerprint density at radius 1 is 0.188 bits per heavy atom. The molecule has 21 rings (SSSR count). The maximum absolute atomic E-state index is 2.65. The van der Waals surface area contributed by atoms with Crippen molar-refractivity contribution in [2.24, 2.45) is 0 Å². The smallest absolute Gasteiger partial charge is 0.252 e. The third-order valence-corrected chi connectivity index (χ3v) is 21.3. The molecule has 0 spiro atoms. The molecule has 15 aromatic carbocycles. The molecule has 17 aromatic rings. The van der Waals surface area contributed by atoms with E-state index in [1.54, 1.807) is 0 Å². The van der Waals surface area contributed by atoms with Crippen LogP contribution in [0.1, 0.15) is 0 Å². The summed E-state index contributed by atoms with van der Waals surface area (Å²) in [5.41, 5.74) is 36.6. The van der Waals surface area contributed by atoms with Crippen LogP contribution in [0.15, 0.2) is 340 Å². The number of fused-ring (bicyclic) bond motifs is 16. The van der Waals surface area contributed by atoms with Crippen LogP contribution in [0.2, 0.25) is 0 Å². The van der Waals surface area contributed by atoms with Gasteiger partial charge >= 0.3 is 0 Å². The van der Waals surface area contributed by atoms with Crippen molar-refractivity contribution in [3.8, 4) is 78.1 Å². The molecule has 6 heteroatoms. The summed E-state index contributed by atoms with van der Waals surface area (Å²) in [7, 11) is 0. The van der Waals surface area contributed by atoms with Gasteiger partial charge in [0.15, 0.2) is 0 Å². The zero-order chi connectivity index (χ0) is 62.7. The average molecular weight is 1220 g/mol. The SMILES string of the molecule is c1ccc(-c2ccc(N3c4ccc(-c5ccccc5)cc4B4c5cc(-c6ccccc6)ccc5-n5c6cc7c(cc6c6ccc3c4c65)c3ccc4c5c3n7-c3ccc(-c6ccccc6)cc3B5c3cc(-c5ccccc5)ccc3N4c3ccc(-c4ccccc4)cc3)cc2)cc1. The molecule has 0 unspecified atom stereocenters. The van der Waals surface area contributed by atoms with Crippen molar-refractivity contribution in [1.82, 2.24) is 9.13 Å². The van der Waals surface area contributed by atoms with E-state index in [1.165, 1.54) is 177 Å². The molecule has 0 N–H and O–H groups in total.